The zero-order valence-electron chi connectivity index (χ0n) is 10.4. The average molecular weight is 298 g/mol. The first-order chi connectivity index (χ1) is 9.47. The summed E-state index contributed by atoms with van der Waals surface area (Å²) in [5.41, 5.74) is 6.35. The molecule has 0 aliphatic carbocycles. The molecule has 106 valence electrons. The lowest BCUT2D eigenvalue weighted by Gasteiger charge is -2.24. The molecule has 0 spiro atoms. The van der Waals surface area contributed by atoms with Crippen molar-refractivity contribution >= 4 is 40.7 Å². The number of rotatable bonds is 3. The Morgan fingerprint density at radius 1 is 1.35 bits per heavy atom. The van der Waals surface area contributed by atoms with Gasteiger partial charge in [-0.15, -0.1) is 0 Å². The maximum atomic E-state index is 11.8. The lowest BCUT2D eigenvalue weighted by molar-refractivity contribution is -0.159. The zero-order chi connectivity index (χ0) is 14.7. The van der Waals surface area contributed by atoms with Crippen molar-refractivity contribution in [1.82, 2.24) is 4.90 Å². The molecule has 0 saturated carbocycles. The molecule has 7 nitrogen and oxygen atoms in total. The lowest BCUT2D eigenvalue weighted by Crippen LogP contribution is -2.49. The van der Waals surface area contributed by atoms with Gasteiger partial charge in [0.2, 0.25) is 5.91 Å². The van der Waals surface area contributed by atoms with Gasteiger partial charge >= 0.3 is 0 Å². The third-order valence-corrected chi connectivity index (χ3v) is 2.88. The highest BCUT2D eigenvalue weighted by atomic mass is 35.5. The number of halogens is 1. The van der Waals surface area contributed by atoms with Crippen LogP contribution in [0.15, 0.2) is 18.2 Å². The van der Waals surface area contributed by atoms with Gasteiger partial charge in [0.15, 0.2) is 0 Å². The number of hydrogen-bond acceptors (Lipinski definition) is 5. The van der Waals surface area contributed by atoms with Crippen molar-refractivity contribution in [3.8, 4) is 0 Å². The van der Waals surface area contributed by atoms with E-state index in [9.17, 15) is 14.4 Å². The van der Waals surface area contributed by atoms with Crippen molar-refractivity contribution in [1.29, 1.82) is 0 Å². The van der Waals surface area contributed by atoms with Gasteiger partial charge in [0.05, 0.1) is 11.4 Å². The molecule has 0 aromatic heterocycles. The van der Waals surface area contributed by atoms with Crippen molar-refractivity contribution in [2.75, 3.05) is 30.8 Å². The fraction of sp³-hybridized carbons (Fsp3) is 0.250. The summed E-state index contributed by atoms with van der Waals surface area (Å²) in [6, 6.07) is 4.61. The van der Waals surface area contributed by atoms with E-state index in [-0.39, 0.29) is 19.8 Å². The van der Waals surface area contributed by atoms with Crippen LogP contribution in [-0.4, -0.2) is 42.4 Å². The monoisotopic (exact) mass is 297 g/mol. The number of nitrogens with two attached hydrogens (primary N) is 1. The van der Waals surface area contributed by atoms with Crippen LogP contribution in [0, 0.1) is 0 Å². The van der Waals surface area contributed by atoms with Crippen molar-refractivity contribution in [3.63, 3.8) is 0 Å². The van der Waals surface area contributed by atoms with E-state index in [0.717, 1.165) is 4.90 Å². The van der Waals surface area contributed by atoms with E-state index in [2.05, 4.69) is 5.32 Å². The molecule has 2 rings (SSSR count). The van der Waals surface area contributed by atoms with Crippen LogP contribution in [0.5, 0.6) is 0 Å². The molecule has 1 fully saturated rings. The van der Waals surface area contributed by atoms with E-state index in [1.165, 1.54) is 6.07 Å². The lowest BCUT2D eigenvalue weighted by atomic mass is 10.2. The molecule has 0 unspecified atom stereocenters. The maximum Gasteiger partial charge on any atom is 0.255 e. The van der Waals surface area contributed by atoms with Gasteiger partial charge in [-0.3, -0.25) is 19.3 Å². The minimum atomic E-state index is -0.546. The van der Waals surface area contributed by atoms with E-state index in [1.807, 2.05) is 0 Å². The average Bonchev–Trinajstić information content (AvgIpc) is 2.38. The molecule has 1 aromatic carbocycles. The molecule has 0 bridgehead atoms. The van der Waals surface area contributed by atoms with Crippen LogP contribution in [0.25, 0.3) is 0 Å². The SMILES string of the molecule is Nc1ccc(Cl)cc1NC(=O)CN1C(=O)COCC1=O. The Morgan fingerprint density at radius 2 is 2.00 bits per heavy atom. The molecular formula is C12H12ClN3O4. The number of nitrogen functional groups attached to an aromatic ring is 1. The number of carbonyl (C=O) groups is 3. The Hall–Kier alpha value is -2.12. The minimum absolute atomic E-state index is 0.210. The van der Waals surface area contributed by atoms with E-state index < -0.39 is 17.7 Å². The largest absolute Gasteiger partial charge is 0.397 e. The van der Waals surface area contributed by atoms with E-state index in [0.29, 0.717) is 16.4 Å². The van der Waals surface area contributed by atoms with Gasteiger partial charge in [-0.1, -0.05) is 11.6 Å². The normalized spacial score (nSPS) is 15.3. The number of carbonyl (C=O) groups excluding carboxylic acids is 3. The first-order valence-corrected chi connectivity index (χ1v) is 6.11. The number of benzene rings is 1. The highest BCUT2D eigenvalue weighted by Gasteiger charge is 2.28. The minimum Gasteiger partial charge on any atom is -0.397 e. The smallest absolute Gasteiger partial charge is 0.255 e. The molecule has 1 saturated heterocycles. The van der Waals surface area contributed by atoms with Crippen LogP contribution in [0.4, 0.5) is 11.4 Å². The number of imide groups is 1. The molecule has 0 atom stereocenters. The van der Waals surface area contributed by atoms with Crippen molar-refractivity contribution in [2.24, 2.45) is 0 Å². The molecule has 3 amide bonds. The number of nitrogens with one attached hydrogen (secondary N) is 1. The number of nitrogens with zero attached hydrogens (tertiary/aromatic N) is 1. The summed E-state index contributed by atoms with van der Waals surface area (Å²) in [6.45, 7) is -0.802. The summed E-state index contributed by atoms with van der Waals surface area (Å²) in [5, 5.41) is 2.91. The van der Waals surface area contributed by atoms with E-state index in [4.69, 9.17) is 22.1 Å². The fourth-order valence-corrected chi connectivity index (χ4v) is 1.84. The Labute approximate surface area is 119 Å². The number of ether oxygens (including phenoxy) is 1. The molecule has 1 aliphatic rings. The summed E-state index contributed by atoms with van der Waals surface area (Å²) in [4.78, 5) is 35.6. The molecule has 8 heteroatoms. The van der Waals surface area contributed by atoms with E-state index >= 15 is 0 Å². The molecule has 1 aromatic rings. The van der Waals surface area contributed by atoms with Gasteiger partial charge in [-0.2, -0.15) is 0 Å². The third kappa shape index (κ3) is 3.25. The van der Waals surface area contributed by atoms with Gasteiger partial charge in [0.25, 0.3) is 11.8 Å². The van der Waals surface area contributed by atoms with Crippen LogP contribution in [0.3, 0.4) is 0 Å². The van der Waals surface area contributed by atoms with Gasteiger partial charge in [0, 0.05) is 5.02 Å². The Morgan fingerprint density at radius 3 is 2.65 bits per heavy atom. The highest BCUT2D eigenvalue weighted by Crippen LogP contribution is 2.22. The van der Waals surface area contributed by atoms with Crippen molar-refractivity contribution in [3.05, 3.63) is 23.2 Å². The summed E-state index contributed by atoms with van der Waals surface area (Å²) in [7, 11) is 0. The Balaban J connectivity index is 2.03. The second-order valence-electron chi connectivity index (χ2n) is 4.15. The predicted octanol–water partition coefficient (Wildman–Crippen LogP) is 0.246. The first-order valence-electron chi connectivity index (χ1n) is 5.73. The second kappa shape index (κ2) is 5.89. The summed E-state index contributed by atoms with van der Waals surface area (Å²) < 4.78 is 4.75. The van der Waals surface area contributed by atoms with Gasteiger partial charge in [0.1, 0.15) is 19.8 Å². The number of morpholine rings is 1. The summed E-state index contributed by atoms with van der Waals surface area (Å²) in [6.07, 6.45) is 0. The molecule has 20 heavy (non-hydrogen) atoms. The van der Waals surface area contributed by atoms with Crippen LogP contribution < -0.4 is 11.1 Å². The molecule has 3 N–H and O–H groups in total. The van der Waals surface area contributed by atoms with Gasteiger partial charge < -0.3 is 15.8 Å². The molecule has 1 aliphatic heterocycles. The van der Waals surface area contributed by atoms with Crippen molar-refractivity contribution in [2.45, 2.75) is 0 Å². The van der Waals surface area contributed by atoms with Crippen LogP contribution in [0.1, 0.15) is 0 Å². The molecular weight excluding hydrogens is 286 g/mol. The molecule has 0 radical (unpaired) electrons. The number of anilines is 2. The Kier molecular flexibility index (Phi) is 4.21. The standard InChI is InChI=1S/C12H12ClN3O4/c13-7-1-2-8(14)9(3-7)15-10(17)4-16-11(18)5-20-6-12(16)19/h1-3H,4-6,14H2,(H,15,17). The maximum absolute atomic E-state index is 11.8. The zero-order valence-corrected chi connectivity index (χ0v) is 11.1. The topological polar surface area (TPSA) is 102 Å². The van der Waals surface area contributed by atoms with Gasteiger partial charge in [-0.05, 0) is 18.2 Å². The fourth-order valence-electron chi connectivity index (χ4n) is 1.67. The summed E-state index contributed by atoms with van der Waals surface area (Å²) >= 11 is 5.80. The van der Waals surface area contributed by atoms with Crippen LogP contribution in [0.2, 0.25) is 5.02 Å². The van der Waals surface area contributed by atoms with Crippen molar-refractivity contribution < 1.29 is 19.1 Å². The first kappa shape index (κ1) is 14.3. The third-order valence-electron chi connectivity index (χ3n) is 2.64. The molecule has 1 heterocycles. The Bertz CT molecular complexity index is 560. The van der Waals surface area contributed by atoms with Crippen LogP contribution >= 0.6 is 11.6 Å². The van der Waals surface area contributed by atoms with Gasteiger partial charge in [-0.25, -0.2) is 0 Å². The number of amides is 3. The van der Waals surface area contributed by atoms with E-state index in [1.54, 1.807) is 12.1 Å². The highest BCUT2D eigenvalue weighted by molar-refractivity contribution is 6.31. The number of hydrogen-bond donors (Lipinski definition) is 2. The second-order valence-corrected chi connectivity index (χ2v) is 4.58. The van der Waals surface area contributed by atoms with Crippen LogP contribution in [-0.2, 0) is 19.1 Å². The quantitative estimate of drug-likeness (QED) is 0.615. The predicted molar refractivity (Wildman–Crippen MR) is 72.0 cm³/mol. The summed E-state index contributed by atoms with van der Waals surface area (Å²) in [5.74, 6) is -1.63.